The SMILES string of the molecule is C=C(C)C(=O)OCCC(CC)OC(CC)CCOC(=O)C(=C)C. The van der Waals surface area contributed by atoms with Crippen molar-refractivity contribution in [2.24, 2.45) is 0 Å². The summed E-state index contributed by atoms with van der Waals surface area (Å²) in [6, 6.07) is 0. The number of ether oxygens (including phenoxy) is 3. The van der Waals surface area contributed by atoms with Crippen LogP contribution in [0.25, 0.3) is 0 Å². The Morgan fingerprint density at radius 3 is 1.43 bits per heavy atom. The maximum atomic E-state index is 11.3. The van der Waals surface area contributed by atoms with Gasteiger partial charge in [-0.15, -0.1) is 0 Å². The van der Waals surface area contributed by atoms with Crippen molar-refractivity contribution < 1.29 is 23.8 Å². The van der Waals surface area contributed by atoms with E-state index in [1.54, 1.807) is 13.8 Å². The van der Waals surface area contributed by atoms with Crippen molar-refractivity contribution in [1.82, 2.24) is 0 Å². The lowest BCUT2D eigenvalue weighted by Crippen LogP contribution is -2.25. The van der Waals surface area contributed by atoms with Crippen LogP contribution in [0.2, 0.25) is 0 Å². The minimum Gasteiger partial charge on any atom is -0.462 e. The first kappa shape index (κ1) is 21.4. The number of carbonyl (C=O) groups is 2. The molecule has 0 fully saturated rings. The van der Waals surface area contributed by atoms with Crippen LogP contribution in [0.3, 0.4) is 0 Å². The first-order valence-electron chi connectivity index (χ1n) is 8.12. The van der Waals surface area contributed by atoms with Gasteiger partial charge < -0.3 is 14.2 Å². The summed E-state index contributed by atoms with van der Waals surface area (Å²) in [5, 5.41) is 0. The number of hydrogen-bond donors (Lipinski definition) is 0. The molecule has 0 aliphatic heterocycles. The summed E-state index contributed by atoms with van der Waals surface area (Å²) in [6.45, 7) is 15.0. The second-order valence-corrected chi connectivity index (χ2v) is 5.61. The van der Waals surface area contributed by atoms with Gasteiger partial charge in [0.2, 0.25) is 0 Å². The Morgan fingerprint density at radius 1 is 0.826 bits per heavy atom. The van der Waals surface area contributed by atoms with Crippen LogP contribution in [0.5, 0.6) is 0 Å². The van der Waals surface area contributed by atoms with Crippen LogP contribution in [0, 0.1) is 0 Å². The highest BCUT2D eigenvalue weighted by Crippen LogP contribution is 2.13. The van der Waals surface area contributed by atoms with Gasteiger partial charge in [0.25, 0.3) is 0 Å². The average molecular weight is 326 g/mol. The van der Waals surface area contributed by atoms with Crippen LogP contribution >= 0.6 is 0 Å². The second-order valence-electron chi connectivity index (χ2n) is 5.61. The highest BCUT2D eigenvalue weighted by atomic mass is 16.5. The third-order valence-corrected chi connectivity index (χ3v) is 3.34. The fourth-order valence-corrected chi connectivity index (χ4v) is 1.82. The van der Waals surface area contributed by atoms with E-state index in [1.165, 1.54) is 0 Å². The molecule has 0 aliphatic rings. The molecular formula is C18H30O5. The molecule has 2 unspecified atom stereocenters. The third kappa shape index (κ3) is 9.89. The molecule has 0 saturated heterocycles. The van der Waals surface area contributed by atoms with Crippen molar-refractivity contribution in [2.45, 2.75) is 65.6 Å². The van der Waals surface area contributed by atoms with Crippen LogP contribution in [-0.4, -0.2) is 37.4 Å². The van der Waals surface area contributed by atoms with Crippen LogP contribution in [0.15, 0.2) is 24.3 Å². The van der Waals surface area contributed by atoms with Crippen molar-refractivity contribution in [3.05, 3.63) is 24.3 Å². The van der Waals surface area contributed by atoms with Gasteiger partial charge in [-0.2, -0.15) is 0 Å². The lowest BCUT2D eigenvalue weighted by atomic mass is 10.1. The van der Waals surface area contributed by atoms with Crippen LogP contribution in [0.4, 0.5) is 0 Å². The summed E-state index contributed by atoms with van der Waals surface area (Å²) in [5.41, 5.74) is 0.787. The zero-order valence-electron chi connectivity index (χ0n) is 14.9. The molecule has 0 saturated carbocycles. The summed E-state index contributed by atoms with van der Waals surface area (Å²) < 4.78 is 16.2. The Balaban J connectivity index is 4.14. The van der Waals surface area contributed by atoms with Gasteiger partial charge in [0, 0.05) is 24.0 Å². The zero-order chi connectivity index (χ0) is 17.8. The molecule has 23 heavy (non-hydrogen) atoms. The van der Waals surface area contributed by atoms with Gasteiger partial charge in [-0.25, -0.2) is 9.59 Å². The van der Waals surface area contributed by atoms with Crippen LogP contribution in [0.1, 0.15) is 53.4 Å². The van der Waals surface area contributed by atoms with E-state index >= 15 is 0 Å². The lowest BCUT2D eigenvalue weighted by molar-refractivity contribution is -0.140. The predicted octanol–water partition coefficient (Wildman–Crippen LogP) is 3.58. The van der Waals surface area contributed by atoms with Crippen molar-refractivity contribution in [3.8, 4) is 0 Å². The average Bonchev–Trinajstić information content (AvgIpc) is 2.51. The molecule has 0 aromatic carbocycles. The molecule has 0 aromatic rings. The van der Waals surface area contributed by atoms with E-state index in [0.717, 1.165) is 12.8 Å². The maximum absolute atomic E-state index is 11.3. The van der Waals surface area contributed by atoms with Crippen molar-refractivity contribution >= 4 is 11.9 Å². The van der Waals surface area contributed by atoms with Crippen molar-refractivity contribution in [3.63, 3.8) is 0 Å². The summed E-state index contributed by atoms with van der Waals surface area (Å²) in [4.78, 5) is 22.7. The Morgan fingerprint density at radius 2 is 1.17 bits per heavy atom. The topological polar surface area (TPSA) is 61.8 Å². The Bertz CT molecular complexity index is 376. The molecule has 0 radical (unpaired) electrons. The number of hydrogen-bond acceptors (Lipinski definition) is 5. The van der Waals surface area contributed by atoms with Crippen molar-refractivity contribution in [2.75, 3.05) is 13.2 Å². The number of carbonyl (C=O) groups excluding carboxylic acids is 2. The van der Waals surface area contributed by atoms with Gasteiger partial charge in [0.05, 0.1) is 25.4 Å². The highest BCUT2D eigenvalue weighted by molar-refractivity contribution is 5.87. The van der Waals surface area contributed by atoms with E-state index in [-0.39, 0.29) is 24.1 Å². The standard InChI is InChI=1S/C18H30O5/c1-7-15(9-11-21-17(19)13(3)4)23-16(8-2)10-12-22-18(20)14(5)6/h15-16H,3,5,7-12H2,1-2,4,6H3. The molecule has 0 rings (SSSR count). The van der Waals surface area contributed by atoms with Crippen molar-refractivity contribution in [1.29, 1.82) is 0 Å². The maximum Gasteiger partial charge on any atom is 0.333 e. The van der Waals surface area contributed by atoms with E-state index in [4.69, 9.17) is 14.2 Å². The molecule has 0 aromatic heterocycles. The summed E-state index contributed by atoms with van der Waals surface area (Å²) >= 11 is 0. The van der Waals surface area contributed by atoms with Crippen LogP contribution in [-0.2, 0) is 23.8 Å². The van der Waals surface area contributed by atoms with E-state index in [9.17, 15) is 9.59 Å². The Kier molecular flexibility index (Phi) is 11.0. The molecule has 0 bridgehead atoms. The zero-order valence-corrected chi connectivity index (χ0v) is 14.9. The van der Waals surface area contributed by atoms with Crippen LogP contribution < -0.4 is 0 Å². The normalized spacial score (nSPS) is 13.0. The van der Waals surface area contributed by atoms with E-state index in [0.29, 0.717) is 37.2 Å². The molecule has 0 N–H and O–H groups in total. The van der Waals surface area contributed by atoms with E-state index in [1.807, 2.05) is 13.8 Å². The molecule has 0 heterocycles. The summed E-state index contributed by atoms with van der Waals surface area (Å²) in [6.07, 6.45) is 2.94. The molecule has 0 aliphatic carbocycles. The van der Waals surface area contributed by atoms with E-state index in [2.05, 4.69) is 13.2 Å². The summed E-state index contributed by atoms with van der Waals surface area (Å²) in [5.74, 6) is -0.753. The first-order valence-corrected chi connectivity index (χ1v) is 8.12. The second kappa shape index (κ2) is 11.9. The molecule has 5 heteroatoms. The number of rotatable bonds is 12. The molecule has 0 spiro atoms. The smallest absolute Gasteiger partial charge is 0.333 e. The fraction of sp³-hybridized carbons (Fsp3) is 0.667. The van der Waals surface area contributed by atoms with Gasteiger partial charge in [-0.05, 0) is 26.7 Å². The van der Waals surface area contributed by atoms with E-state index < -0.39 is 0 Å². The van der Waals surface area contributed by atoms with Gasteiger partial charge in [0.1, 0.15) is 0 Å². The first-order chi connectivity index (χ1) is 10.8. The quantitative estimate of drug-likeness (QED) is 0.405. The number of esters is 2. The van der Waals surface area contributed by atoms with Gasteiger partial charge in [0.15, 0.2) is 0 Å². The Hall–Kier alpha value is -1.62. The molecule has 5 nitrogen and oxygen atoms in total. The molecule has 132 valence electrons. The minimum atomic E-state index is -0.376. The lowest BCUT2D eigenvalue weighted by Gasteiger charge is -2.23. The Labute approximate surface area is 139 Å². The summed E-state index contributed by atoms with van der Waals surface area (Å²) in [7, 11) is 0. The molecule has 0 amide bonds. The molecule has 2 atom stereocenters. The fourth-order valence-electron chi connectivity index (χ4n) is 1.82. The predicted molar refractivity (Wildman–Crippen MR) is 90.0 cm³/mol. The van der Waals surface area contributed by atoms with Gasteiger partial charge in [-0.3, -0.25) is 0 Å². The molecular weight excluding hydrogens is 296 g/mol. The monoisotopic (exact) mass is 326 g/mol. The minimum absolute atomic E-state index is 0.00899. The van der Waals surface area contributed by atoms with Gasteiger partial charge in [-0.1, -0.05) is 27.0 Å². The largest absolute Gasteiger partial charge is 0.462 e. The third-order valence-electron chi connectivity index (χ3n) is 3.34. The van der Waals surface area contributed by atoms with Gasteiger partial charge >= 0.3 is 11.9 Å². The highest BCUT2D eigenvalue weighted by Gasteiger charge is 2.16.